The highest BCUT2D eigenvalue weighted by Crippen LogP contribution is 2.30. The molecule has 0 amide bonds. The van der Waals surface area contributed by atoms with E-state index >= 15 is 0 Å². The number of benzene rings is 1. The molecule has 0 spiro atoms. The molecule has 0 aliphatic rings. The minimum atomic E-state index is -0.706. The molecule has 0 radical (unpaired) electrons. The summed E-state index contributed by atoms with van der Waals surface area (Å²) in [5.74, 6) is -1.45. The van der Waals surface area contributed by atoms with Crippen LogP contribution < -0.4 is 4.74 Å². The van der Waals surface area contributed by atoms with Gasteiger partial charge in [0, 0.05) is 6.20 Å². The molecule has 0 unspecified atom stereocenters. The van der Waals surface area contributed by atoms with E-state index in [-0.39, 0.29) is 5.92 Å². The van der Waals surface area contributed by atoms with Crippen molar-refractivity contribution in [3.8, 4) is 11.5 Å². The molecule has 94 valence electrons. The zero-order valence-corrected chi connectivity index (χ0v) is 10.2. The van der Waals surface area contributed by atoms with Gasteiger partial charge in [0.2, 0.25) is 0 Å². The maximum Gasteiger partial charge on any atom is 0.198 e. The summed E-state index contributed by atoms with van der Waals surface area (Å²) in [6.45, 7) is 3.74. The molecular formula is C14H13F2NO. The van der Waals surface area contributed by atoms with Crippen LogP contribution in [0.4, 0.5) is 8.78 Å². The smallest absolute Gasteiger partial charge is 0.198 e. The van der Waals surface area contributed by atoms with Crippen molar-refractivity contribution in [2.24, 2.45) is 0 Å². The normalized spacial score (nSPS) is 10.7. The second kappa shape index (κ2) is 5.12. The first-order valence-corrected chi connectivity index (χ1v) is 5.64. The first-order chi connectivity index (χ1) is 8.58. The molecule has 18 heavy (non-hydrogen) atoms. The molecule has 0 fully saturated rings. The van der Waals surface area contributed by atoms with E-state index in [0.29, 0.717) is 11.3 Å². The topological polar surface area (TPSA) is 22.1 Å². The molecule has 4 heteroatoms. The lowest BCUT2D eigenvalue weighted by Crippen LogP contribution is -1.97. The van der Waals surface area contributed by atoms with E-state index < -0.39 is 17.4 Å². The monoisotopic (exact) mass is 249 g/mol. The molecule has 0 bridgehead atoms. The van der Waals surface area contributed by atoms with Gasteiger partial charge in [0.25, 0.3) is 0 Å². The molecule has 0 aliphatic carbocycles. The molecule has 0 N–H and O–H groups in total. The third-order valence-electron chi connectivity index (χ3n) is 2.54. The van der Waals surface area contributed by atoms with Crippen LogP contribution in [0, 0.1) is 11.6 Å². The predicted molar refractivity (Wildman–Crippen MR) is 64.8 cm³/mol. The molecule has 2 nitrogen and oxygen atoms in total. The van der Waals surface area contributed by atoms with Crippen LogP contribution >= 0.6 is 0 Å². The number of rotatable bonds is 3. The van der Waals surface area contributed by atoms with Crippen molar-refractivity contribution in [2.75, 3.05) is 0 Å². The van der Waals surface area contributed by atoms with Gasteiger partial charge < -0.3 is 4.74 Å². The maximum atomic E-state index is 13.8. The Balaban J connectivity index is 2.34. The number of hydrogen-bond acceptors (Lipinski definition) is 2. The lowest BCUT2D eigenvalue weighted by atomic mass is 10.0. The molecular weight excluding hydrogens is 236 g/mol. The van der Waals surface area contributed by atoms with Gasteiger partial charge in [-0.2, -0.15) is 0 Å². The fraction of sp³-hybridized carbons (Fsp3) is 0.214. The van der Waals surface area contributed by atoms with E-state index in [1.165, 1.54) is 18.3 Å². The fourth-order valence-electron chi connectivity index (χ4n) is 1.54. The summed E-state index contributed by atoms with van der Waals surface area (Å²) in [4.78, 5) is 3.82. The van der Waals surface area contributed by atoms with Crippen LogP contribution in [0.2, 0.25) is 0 Å². The Morgan fingerprint density at radius 1 is 1.17 bits per heavy atom. The van der Waals surface area contributed by atoms with E-state index in [1.807, 2.05) is 13.8 Å². The number of ether oxygens (including phenoxy) is 1. The van der Waals surface area contributed by atoms with Crippen molar-refractivity contribution in [1.82, 2.24) is 4.98 Å². The van der Waals surface area contributed by atoms with Crippen LogP contribution in [0.25, 0.3) is 0 Å². The zero-order valence-electron chi connectivity index (χ0n) is 10.2. The average Bonchev–Trinajstić information content (AvgIpc) is 2.34. The number of hydrogen-bond donors (Lipinski definition) is 0. The van der Waals surface area contributed by atoms with Crippen molar-refractivity contribution >= 4 is 0 Å². The Morgan fingerprint density at radius 3 is 2.33 bits per heavy atom. The van der Waals surface area contributed by atoms with Crippen LogP contribution in [-0.4, -0.2) is 4.98 Å². The molecule has 2 aromatic rings. The standard InChI is InChI=1S/C14H13F2NO/c1-9(2)10-6-12(15)14(13(16)7-10)18-11-4-3-5-17-8-11/h3-9H,1-2H3. The Bertz CT molecular complexity index is 518. The SMILES string of the molecule is CC(C)c1cc(F)c(Oc2cccnc2)c(F)c1. The Kier molecular flexibility index (Phi) is 3.55. The van der Waals surface area contributed by atoms with Crippen molar-refractivity contribution in [2.45, 2.75) is 19.8 Å². The highest BCUT2D eigenvalue weighted by Gasteiger charge is 2.15. The largest absolute Gasteiger partial charge is 0.450 e. The minimum absolute atomic E-state index is 0.0569. The van der Waals surface area contributed by atoms with Gasteiger partial charge in [-0.05, 0) is 35.7 Å². The van der Waals surface area contributed by atoms with Crippen LogP contribution in [0.1, 0.15) is 25.3 Å². The molecule has 0 aliphatic heterocycles. The van der Waals surface area contributed by atoms with E-state index in [9.17, 15) is 8.78 Å². The second-order valence-corrected chi connectivity index (χ2v) is 4.26. The van der Waals surface area contributed by atoms with Crippen LogP contribution in [0.15, 0.2) is 36.7 Å². The van der Waals surface area contributed by atoms with Gasteiger partial charge in [0.15, 0.2) is 17.4 Å². The fourth-order valence-corrected chi connectivity index (χ4v) is 1.54. The predicted octanol–water partition coefficient (Wildman–Crippen LogP) is 4.28. The molecule has 0 saturated carbocycles. The van der Waals surface area contributed by atoms with Gasteiger partial charge in [-0.25, -0.2) is 8.78 Å². The second-order valence-electron chi connectivity index (χ2n) is 4.26. The van der Waals surface area contributed by atoms with Gasteiger partial charge in [-0.15, -0.1) is 0 Å². The van der Waals surface area contributed by atoms with Crippen LogP contribution in [0.5, 0.6) is 11.5 Å². The number of halogens is 2. The summed E-state index contributed by atoms with van der Waals surface area (Å²) in [5.41, 5.74) is 0.600. The zero-order chi connectivity index (χ0) is 13.1. The summed E-state index contributed by atoms with van der Waals surface area (Å²) in [7, 11) is 0. The van der Waals surface area contributed by atoms with Gasteiger partial charge in [0.1, 0.15) is 5.75 Å². The lowest BCUT2D eigenvalue weighted by Gasteiger charge is -2.11. The first-order valence-electron chi connectivity index (χ1n) is 5.64. The molecule has 0 atom stereocenters. The van der Waals surface area contributed by atoms with E-state index in [1.54, 1.807) is 18.3 Å². The van der Waals surface area contributed by atoms with Crippen molar-refractivity contribution in [1.29, 1.82) is 0 Å². The van der Waals surface area contributed by atoms with Gasteiger partial charge >= 0.3 is 0 Å². The van der Waals surface area contributed by atoms with Crippen LogP contribution in [0.3, 0.4) is 0 Å². The Labute approximate surface area is 104 Å². The third-order valence-corrected chi connectivity index (χ3v) is 2.54. The van der Waals surface area contributed by atoms with Crippen molar-refractivity contribution < 1.29 is 13.5 Å². The summed E-state index contributed by atoms with van der Waals surface area (Å²) < 4.78 is 32.7. The Morgan fingerprint density at radius 2 is 1.83 bits per heavy atom. The molecule has 1 aromatic heterocycles. The summed E-state index contributed by atoms with van der Waals surface area (Å²) in [5, 5.41) is 0. The summed E-state index contributed by atoms with van der Waals surface area (Å²) in [6.07, 6.45) is 2.96. The third kappa shape index (κ3) is 2.64. The van der Waals surface area contributed by atoms with E-state index in [2.05, 4.69) is 4.98 Å². The van der Waals surface area contributed by atoms with Crippen LogP contribution in [-0.2, 0) is 0 Å². The van der Waals surface area contributed by atoms with E-state index in [0.717, 1.165) is 0 Å². The summed E-state index contributed by atoms with van der Waals surface area (Å²) >= 11 is 0. The molecule has 1 aromatic carbocycles. The van der Waals surface area contributed by atoms with Crippen molar-refractivity contribution in [3.63, 3.8) is 0 Å². The molecule has 1 heterocycles. The number of aromatic nitrogens is 1. The molecule has 0 saturated heterocycles. The summed E-state index contributed by atoms with van der Waals surface area (Å²) in [6, 6.07) is 5.80. The first kappa shape index (κ1) is 12.5. The highest BCUT2D eigenvalue weighted by atomic mass is 19.1. The highest BCUT2D eigenvalue weighted by molar-refractivity contribution is 5.36. The van der Waals surface area contributed by atoms with E-state index in [4.69, 9.17) is 4.74 Å². The van der Waals surface area contributed by atoms with Gasteiger partial charge in [-0.1, -0.05) is 13.8 Å². The number of nitrogens with zero attached hydrogens (tertiary/aromatic N) is 1. The average molecular weight is 249 g/mol. The van der Waals surface area contributed by atoms with Gasteiger partial charge in [0.05, 0.1) is 6.20 Å². The number of pyridine rings is 1. The lowest BCUT2D eigenvalue weighted by molar-refractivity contribution is 0.405. The molecule has 2 rings (SSSR count). The minimum Gasteiger partial charge on any atom is -0.450 e. The maximum absolute atomic E-state index is 13.8. The van der Waals surface area contributed by atoms with Crippen molar-refractivity contribution in [3.05, 3.63) is 53.9 Å². The quantitative estimate of drug-likeness (QED) is 0.810. The van der Waals surface area contributed by atoms with Gasteiger partial charge in [-0.3, -0.25) is 4.98 Å². The Hall–Kier alpha value is -1.97.